The molecule has 44 heavy (non-hydrogen) atoms. The average Bonchev–Trinajstić information content (AvgIpc) is 2.92. The number of carbonyl (C=O) groups is 1. The Morgan fingerprint density at radius 2 is 1.20 bits per heavy atom. The summed E-state index contributed by atoms with van der Waals surface area (Å²) in [6.07, 6.45) is -8.98. The fraction of sp³-hybridized carbons (Fsp3) is 0.458. The minimum Gasteiger partial charge on any atom is -0.379 e. The maximum Gasteiger partial charge on any atom is 0.460 e. The third kappa shape index (κ3) is 6.60. The van der Waals surface area contributed by atoms with Crippen molar-refractivity contribution in [3.05, 3.63) is 65.7 Å². The molecule has 6 nitrogen and oxygen atoms in total. The Morgan fingerprint density at radius 3 is 1.68 bits per heavy atom. The van der Waals surface area contributed by atoms with Crippen molar-refractivity contribution >= 4 is 15.9 Å². The summed E-state index contributed by atoms with van der Waals surface area (Å²) < 4.78 is 211. The van der Waals surface area contributed by atoms with Crippen LogP contribution < -0.4 is 4.18 Å². The highest BCUT2D eigenvalue weighted by atomic mass is 32.2. The van der Waals surface area contributed by atoms with E-state index in [-0.39, 0.29) is 18.8 Å². The molecule has 0 saturated heterocycles. The molecule has 0 N–H and O–H groups in total. The molecule has 0 amide bonds. The zero-order valence-electron chi connectivity index (χ0n) is 21.7. The Balaban J connectivity index is 2.37. The van der Waals surface area contributed by atoms with Crippen LogP contribution in [0, 0.1) is 0 Å². The largest absolute Gasteiger partial charge is 0.460 e. The van der Waals surface area contributed by atoms with Crippen LogP contribution in [0.4, 0.5) is 57.1 Å². The van der Waals surface area contributed by atoms with Crippen molar-refractivity contribution < 1.29 is 83.9 Å². The number of rotatable bonds is 15. The Morgan fingerprint density at radius 1 is 0.705 bits per heavy atom. The molecule has 0 aromatic heterocycles. The van der Waals surface area contributed by atoms with Gasteiger partial charge in [-0.25, -0.2) is 0 Å². The van der Waals surface area contributed by atoms with E-state index in [1.807, 2.05) is 0 Å². The molecule has 0 saturated carbocycles. The van der Waals surface area contributed by atoms with Crippen LogP contribution in [0.5, 0.6) is 5.75 Å². The third-order valence-corrected chi connectivity index (χ3v) is 6.92. The second kappa shape index (κ2) is 12.7. The second-order valence-electron chi connectivity index (χ2n) is 8.60. The van der Waals surface area contributed by atoms with E-state index in [1.165, 1.54) is 24.3 Å². The molecule has 0 fully saturated rings. The summed E-state index contributed by atoms with van der Waals surface area (Å²) in [5, 5.41) is -7.53. The molecule has 1 atom stereocenters. The number of ether oxygens (including phenoxy) is 2. The van der Waals surface area contributed by atoms with E-state index >= 15 is 0 Å². The summed E-state index contributed by atoms with van der Waals surface area (Å²) in [5.74, 6) is -35.0. The van der Waals surface area contributed by atoms with Gasteiger partial charge >= 0.3 is 45.2 Å². The standard InChI is InChI=1S/C24H19F13O6S/c1-2-41-12-13-42-18(15-6-4-3-5-7-15)17(38)14-8-10-16(11-9-14)43-44(39,40)24(36,37)22(31,32)20(27,28)19(25,26)21(29,30)23(33,34)35/h3-11,18H,2,12-13H2,1H3. The Labute approximate surface area is 239 Å². The van der Waals surface area contributed by atoms with E-state index in [0.29, 0.717) is 36.4 Å². The van der Waals surface area contributed by atoms with Gasteiger partial charge in [-0.15, -0.1) is 0 Å². The van der Waals surface area contributed by atoms with Crippen LogP contribution in [0.2, 0.25) is 0 Å². The predicted molar refractivity (Wildman–Crippen MR) is 123 cm³/mol. The van der Waals surface area contributed by atoms with Gasteiger partial charge in [-0.2, -0.15) is 65.5 Å². The fourth-order valence-electron chi connectivity index (χ4n) is 3.24. The first-order chi connectivity index (χ1) is 19.9. The van der Waals surface area contributed by atoms with Crippen molar-refractivity contribution in [1.29, 1.82) is 0 Å². The monoisotopic (exact) mass is 682 g/mol. The quantitative estimate of drug-likeness (QED) is 0.0866. The van der Waals surface area contributed by atoms with Crippen LogP contribution in [0.15, 0.2) is 54.6 Å². The molecule has 0 spiro atoms. The molecule has 0 radical (unpaired) electrons. The Kier molecular flexibility index (Phi) is 10.7. The van der Waals surface area contributed by atoms with E-state index in [0.717, 1.165) is 0 Å². The van der Waals surface area contributed by atoms with Gasteiger partial charge in [0.25, 0.3) is 0 Å². The summed E-state index contributed by atoms with van der Waals surface area (Å²) in [7, 11) is -7.55. The lowest BCUT2D eigenvalue weighted by Gasteiger charge is -2.38. The van der Waals surface area contributed by atoms with E-state index in [1.54, 1.807) is 13.0 Å². The van der Waals surface area contributed by atoms with E-state index in [9.17, 15) is 70.3 Å². The molecular weight excluding hydrogens is 663 g/mol. The predicted octanol–water partition coefficient (Wildman–Crippen LogP) is 7.07. The summed E-state index contributed by atoms with van der Waals surface area (Å²) in [5.41, 5.74) is -0.0507. The minimum absolute atomic E-state index is 0.0510. The van der Waals surface area contributed by atoms with Crippen LogP contribution in [-0.2, 0) is 19.6 Å². The minimum atomic E-state index is -8.33. The lowest BCUT2D eigenvalue weighted by Crippen LogP contribution is -2.71. The number of ketones is 1. The van der Waals surface area contributed by atoms with Crippen LogP contribution >= 0.6 is 0 Å². The molecule has 0 aliphatic rings. The molecule has 2 rings (SSSR count). The lowest BCUT2D eigenvalue weighted by atomic mass is 9.98. The maximum atomic E-state index is 14.2. The Hall–Kier alpha value is -3.13. The SMILES string of the molecule is CCOCCOC(C(=O)c1ccc(OS(=O)(=O)C(F)(F)C(F)(F)C(F)(F)C(F)(F)C(F)(F)C(F)(F)F)cc1)c1ccccc1. The Bertz CT molecular complexity index is 1380. The first-order valence-electron chi connectivity index (χ1n) is 11.7. The van der Waals surface area contributed by atoms with Crippen LogP contribution in [0.3, 0.4) is 0 Å². The van der Waals surface area contributed by atoms with Crippen molar-refractivity contribution in [2.45, 2.75) is 48.1 Å². The topological polar surface area (TPSA) is 78.9 Å². The van der Waals surface area contributed by atoms with Crippen LogP contribution in [-0.4, -0.2) is 69.1 Å². The number of halogens is 13. The molecule has 0 bridgehead atoms. The summed E-state index contributed by atoms with van der Waals surface area (Å²) >= 11 is 0. The molecule has 0 aliphatic carbocycles. The molecular formula is C24H19F13O6S. The number of alkyl halides is 13. The van der Waals surface area contributed by atoms with Crippen molar-refractivity contribution in [1.82, 2.24) is 0 Å². The second-order valence-corrected chi connectivity index (χ2v) is 10.2. The maximum absolute atomic E-state index is 14.2. The number of carbonyl (C=O) groups excluding carboxylic acids is 1. The summed E-state index contributed by atoms with van der Waals surface area (Å²) in [6.45, 7) is 1.92. The highest BCUT2D eigenvalue weighted by Gasteiger charge is 2.93. The summed E-state index contributed by atoms with van der Waals surface area (Å²) in [4.78, 5) is 13.0. The first-order valence-corrected chi connectivity index (χ1v) is 13.1. The fourth-order valence-corrected chi connectivity index (χ4v) is 4.15. The first kappa shape index (κ1) is 37.1. The van der Waals surface area contributed by atoms with E-state index in [2.05, 4.69) is 4.18 Å². The molecule has 20 heteroatoms. The van der Waals surface area contributed by atoms with Crippen molar-refractivity contribution in [2.75, 3.05) is 19.8 Å². The van der Waals surface area contributed by atoms with E-state index < -0.39 is 62.9 Å². The van der Waals surface area contributed by atoms with Crippen molar-refractivity contribution in [2.24, 2.45) is 0 Å². The van der Waals surface area contributed by atoms with Gasteiger partial charge in [0.05, 0.1) is 13.2 Å². The van der Waals surface area contributed by atoms with Gasteiger partial charge in [-0.1, -0.05) is 30.3 Å². The zero-order valence-corrected chi connectivity index (χ0v) is 22.5. The normalized spacial score (nSPS) is 14.8. The van der Waals surface area contributed by atoms with Crippen LogP contribution in [0.25, 0.3) is 0 Å². The molecule has 248 valence electrons. The lowest BCUT2D eigenvalue weighted by molar-refractivity contribution is -0.433. The number of hydrogen-bond acceptors (Lipinski definition) is 6. The van der Waals surface area contributed by atoms with Crippen LogP contribution in [0.1, 0.15) is 28.9 Å². The van der Waals surface area contributed by atoms with Gasteiger partial charge in [0.2, 0.25) is 0 Å². The zero-order chi connectivity index (χ0) is 34.0. The van der Waals surface area contributed by atoms with Gasteiger partial charge in [-0.3, -0.25) is 4.79 Å². The highest BCUT2D eigenvalue weighted by molar-refractivity contribution is 7.88. The highest BCUT2D eigenvalue weighted by Crippen LogP contribution is 2.61. The van der Waals surface area contributed by atoms with Crippen molar-refractivity contribution in [3.8, 4) is 5.75 Å². The molecule has 2 aromatic carbocycles. The molecule has 1 unspecified atom stereocenters. The van der Waals surface area contributed by atoms with E-state index in [4.69, 9.17) is 9.47 Å². The summed E-state index contributed by atoms with van der Waals surface area (Å²) in [6, 6.07) is 9.63. The van der Waals surface area contributed by atoms with Gasteiger partial charge in [0.15, 0.2) is 5.78 Å². The van der Waals surface area contributed by atoms with Gasteiger partial charge < -0.3 is 13.7 Å². The number of Topliss-reactive ketones (excluding diaryl/α,β-unsaturated/α-hetero) is 1. The molecule has 0 aliphatic heterocycles. The smallest absolute Gasteiger partial charge is 0.379 e. The average molecular weight is 682 g/mol. The van der Waals surface area contributed by atoms with Gasteiger partial charge in [-0.05, 0) is 36.8 Å². The molecule has 2 aromatic rings. The van der Waals surface area contributed by atoms with Gasteiger partial charge in [0, 0.05) is 12.2 Å². The number of hydrogen-bond donors (Lipinski definition) is 0. The number of benzene rings is 2. The van der Waals surface area contributed by atoms with Gasteiger partial charge in [0.1, 0.15) is 11.9 Å². The third-order valence-electron chi connectivity index (χ3n) is 5.62. The van der Waals surface area contributed by atoms with Crippen molar-refractivity contribution in [3.63, 3.8) is 0 Å². The molecule has 0 heterocycles.